The number of thioether (sulfide) groups is 1. The molecule has 11 heteroatoms. The lowest BCUT2D eigenvalue weighted by Gasteiger charge is -2.49. The predicted molar refractivity (Wildman–Crippen MR) is 101 cm³/mol. The zero-order valence-electron chi connectivity index (χ0n) is 16.4. The average molecular weight is 426 g/mol. The molecule has 2 aliphatic rings. The van der Waals surface area contributed by atoms with Gasteiger partial charge in [0.25, 0.3) is 11.8 Å². The van der Waals surface area contributed by atoms with E-state index in [0.29, 0.717) is 5.57 Å². The third-order valence-corrected chi connectivity index (χ3v) is 5.25. The van der Waals surface area contributed by atoms with Crippen LogP contribution < -0.4 is 5.32 Å². The molecule has 0 saturated carbocycles. The number of amides is 2. The quantitative estimate of drug-likeness (QED) is 0.200. The summed E-state index contributed by atoms with van der Waals surface area (Å²) in [5.41, 5.74) is -1.14. The smallest absolute Gasteiger partial charge is 0.355 e. The van der Waals surface area contributed by atoms with Crippen LogP contribution in [0.1, 0.15) is 27.7 Å². The first-order valence-corrected chi connectivity index (χ1v) is 9.65. The molecule has 0 aromatic rings. The summed E-state index contributed by atoms with van der Waals surface area (Å²) in [6, 6.07) is -1.02. The maximum atomic E-state index is 12.7. The lowest BCUT2D eigenvalue weighted by molar-refractivity contribution is -0.159. The molecule has 2 amide bonds. The predicted octanol–water partition coefficient (Wildman–Crippen LogP) is 0.186. The van der Waals surface area contributed by atoms with E-state index in [4.69, 9.17) is 14.6 Å². The van der Waals surface area contributed by atoms with Crippen molar-refractivity contribution < 1.29 is 38.6 Å². The van der Waals surface area contributed by atoms with Crippen molar-refractivity contribution in [1.82, 2.24) is 10.2 Å². The van der Waals surface area contributed by atoms with Gasteiger partial charge in [-0.3, -0.25) is 19.3 Å². The summed E-state index contributed by atoms with van der Waals surface area (Å²) in [7, 11) is 0. The maximum Gasteiger partial charge on any atom is 0.355 e. The normalized spacial score (nSPS) is 21.0. The van der Waals surface area contributed by atoms with E-state index in [1.54, 1.807) is 20.8 Å². The van der Waals surface area contributed by atoms with Gasteiger partial charge in [-0.05, 0) is 20.8 Å². The van der Waals surface area contributed by atoms with Crippen LogP contribution in [-0.4, -0.2) is 69.1 Å². The monoisotopic (exact) mass is 426 g/mol. The number of carbonyl (C=O) groups is 5. The fraction of sp³-hybridized carbons (Fsp3) is 0.500. The van der Waals surface area contributed by atoms with Gasteiger partial charge in [-0.2, -0.15) is 0 Å². The van der Waals surface area contributed by atoms with Crippen molar-refractivity contribution in [2.24, 2.45) is 0 Å². The Morgan fingerprint density at radius 3 is 2.45 bits per heavy atom. The average Bonchev–Trinajstić information content (AvgIpc) is 2.60. The number of nitrogens with zero attached hydrogens (tertiary/aromatic N) is 1. The van der Waals surface area contributed by atoms with Gasteiger partial charge in [0.15, 0.2) is 0 Å². The number of fused-ring (bicyclic) bond motifs is 1. The highest BCUT2D eigenvalue weighted by Gasteiger charge is 2.55. The number of nitrogens with one attached hydrogen (secondary N) is 1. The van der Waals surface area contributed by atoms with Crippen LogP contribution in [0.2, 0.25) is 0 Å². The Bertz CT molecular complexity index is 826. The van der Waals surface area contributed by atoms with E-state index >= 15 is 0 Å². The second kappa shape index (κ2) is 8.27. The molecule has 0 radical (unpaired) electrons. The van der Waals surface area contributed by atoms with Crippen molar-refractivity contribution in [3.05, 3.63) is 23.4 Å². The molecular formula is C18H22N2O8S. The molecule has 29 heavy (non-hydrogen) atoms. The highest BCUT2D eigenvalue weighted by molar-refractivity contribution is 8.00. The summed E-state index contributed by atoms with van der Waals surface area (Å²) >= 11 is 1.24. The first-order valence-electron chi connectivity index (χ1n) is 8.60. The zero-order chi connectivity index (χ0) is 22.1. The van der Waals surface area contributed by atoms with E-state index in [1.807, 2.05) is 0 Å². The van der Waals surface area contributed by atoms with E-state index < -0.39 is 52.3 Å². The summed E-state index contributed by atoms with van der Waals surface area (Å²) in [6.07, 6.45) is 0. The molecule has 0 aromatic carbocycles. The van der Waals surface area contributed by atoms with Gasteiger partial charge < -0.3 is 19.9 Å². The number of hydrogen-bond donors (Lipinski definition) is 2. The third kappa shape index (κ3) is 4.97. The van der Waals surface area contributed by atoms with Crippen LogP contribution in [0.25, 0.3) is 0 Å². The molecule has 2 atom stereocenters. The zero-order valence-corrected chi connectivity index (χ0v) is 17.3. The van der Waals surface area contributed by atoms with E-state index in [1.165, 1.54) is 23.6 Å². The third-order valence-electron chi connectivity index (χ3n) is 3.91. The Labute approximate surface area is 171 Å². The minimum atomic E-state index is -1.50. The van der Waals surface area contributed by atoms with Gasteiger partial charge in [0.2, 0.25) is 0 Å². The maximum absolute atomic E-state index is 12.7. The number of esters is 2. The number of β-lactam (4-membered cyclic amide) rings is 1. The van der Waals surface area contributed by atoms with Gasteiger partial charge in [0, 0.05) is 18.2 Å². The SMILES string of the molecule is C=C(C(=O)O)C(=O)NC1C(=O)N2C(C(=O)OC(C)(C)C)=C(COC(C)=O)CS[C@@H]12. The van der Waals surface area contributed by atoms with Crippen LogP contribution in [0.15, 0.2) is 23.4 Å². The molecule has 0 aromatic heterocycles. The molecule has 1 fully saturated rings. The summed E-state index contributed by atoms with van der Waals surface area (Å²) < 4.78 is 10.4. The van der Waals surface area contributed by atoms with Gasteiger partial charge in [-0.25, -0.2) is 9.59 Å². The van der Waals surface area contributed by atoms with Gasteiger partial charge in [-0.1, -0.05) is 6.58 Å². The lowest BCUT2D eigenvalue weighted by atomic mass is 10.0. The molecule has 1 saturated heterocycles. The van der Waals surface area contributed by atoms with Crippen molar-refractivity contribution in [3.63, 3.8) is 0 Å². The summed E-state index contributed by atoms with van der Waals surface area (Å²) in [6.45, 7) is 9.21. The van der Waals surface area contributed by atoms with Crippen molar-refractivity contribution in [1.29, 1.82) is 0 Å². The fourth-order valence-corrected chi connectivity index (χ4v) is 3.95. The number of carbonyl (C=O) groups excluding carboxylic acids is 4. The molecule has 2 N–H and O–H groups in total. The van der Waals surface area contributed by atoms with E-state index in [-0.39, 0.29) is 18.1 Å². The largest absolute Gasteiger partial charge is 0.478 e. The number of ether oxygens (including phenoxy) is 2. The van der Waals surface area contributed by atoms with Crippen LogP contribution in [-0.2, 0) is 33.4 Å². The van der Waals surface area contributed by atoms with Crippen LogP contribution in [0.4, 0.5) is 0 Å². The molecule has 1 unspecified atom stereocenters. The Balaban J connectivity index is 2.27. The van der Waals surface area contributed by atoms with E-state index in [2.05, 4.69) is 11.9 Å². The lowest BCUT2D eigenvalue weighted by Crippen LogP contribution is -2.71. The van der Waals surface area contributed by atoms with Gasteiger partial charge in [-0.15, -0.1) is 11.8 Å². The van der Waals surface area contributed by atoms with Gasteiger partial charge >= 0.3 is 17.9 Å². The first kappa shape index (κ1) is 22.5. The van der Waals surface area contributed by atoms with E-state index in [9.17, 15) is 24.0 Å². The van der Waals surface area contributed by atoms with Crippen LogP contribution in [0.3, 0.4) is 0 Å². The molecule has 2 heterocycles. The second-order valence-electron chi connectivity index (χ2n) is 7.38. The minimum absolute atomic E-state index is 0.0301. The van der Waals surface area contributed by atoms with Gasteiger partial charge in [0.1, 0.15) is 34.9 Å². The molecular weight excluding hydrogens is 404 g/mol. The molecule has 158 valence electrons. The first-order chi connectivity index (χ1) is 13.3. The van der Waals surface area contributed by atoms with Crippen molar-refractivity contribution >= 4 is 41.5 Å². The number of carboxylic acid groups (broad SMARTS) is 1. The molecule has 2 rings (SSSR count). The Kier molecular flexibility index (Phi) is 6.41. The highest BCUT2D eigenvalue weighted by Crippen LogP contribution is 2.41. The molecule has 10 nitrogen and oxygen atoms in total. The number of rotatable bonds is 6. The fourth-order valence-electron chi connectivity index (χ4n) is 2.62. The van der Waals surface area contributed by atoms with Crippen LogP contribution in [0, 0.1) is 0 Å². The van der Waals surface area contributed by atoms with Crippen molar-refractivity contribution in [3.8, 4) is 0 Å². The highest BCUT2D eigenvalue weighted by atomic mass is 32.2. The molecule has 0 spiro atoms. The van der Waals surface area contributed by atoms with Crippen LogP contribution >= 0.6 is 11.8 Å². The topological polar surface area (TPSA) is 139 Å². The summed E-state index contributed by atoms with van der Waals surface area (Å²) in [4.78, 5) is 60.5. The summed E-state index contributed by atoms with van der Waals surface area (Å²) in [5.74, 6) is -4.12. The van der Waals surface area contributed by atoms with Gasteiger partial charge in [0.05, 0.1) is 0 Å². The Morgan fingerprint density at radius 1 is 1.31 bits per heavy atom. The number of hydrogen-bond acceptors (Lipinski definition) is 8. The molecule has 0 aliphatic carbocycles. The molecule has 0 bridgehead atoms. The standard InChI is InChI=1S/C18H22N2O8S/c1-8(16(24)25)13(22)19-11-14(23)20-12(17(26)28-18(3,4)5)10(6-27-9(2)21)7-29-15(11)20/h11,15H,1,6-7H2,2-5H3,(H,19,22)(H,24,25)/t11?,15-/m0/s1. The Morgan fingerprint density at radius 2 is 1.93 bits per heavy atom. The van der Waals surface area contributed by atoms with E-state index in [0.717, 1.165) is 0 Å². The molecule has 2 aliphatic heterocycles. The Hall–Kier alpha value is -2.82. The summed E-state index contributed by atoms with van der Waals surface area (Å²) in [5, 5.41) is 10.5. The minimum Gasteiger partial charge on any atom is -0.478 e. The van der Waals surface area contributed by atoms with Crippen molar-refractivity contribution in [2.45, 2.75) is 44.7 Å². The second-order valence-corrected chi connectivity index (χ2v) is 8.48. The van der Waals surface area contributed by atoms with Crippen LogP contribution in [0.5, 0.6) is 0 Å². The number of carboxylic acids is 1. The number of aliphatic carboxylic acids is 1. The van der Waals surface area contributed by atoms with Crippen molar-refractivity contribution in [2.75, 3.05) is 12.4 Å².